The lowest BCUT2D eigenvalue weighted by atomic mass is 9.93. The first-order chi connectivity index (χ1) is 14.6. The van der Waals surface area contributed by atoms with Crippen molar-refractivity contribution in [2.75, 3.05) is 5.75 Å². The molecule has 4 atom stereocenters. The van der Waals surface area contributed by atoms with Gasteiger partial charge in [0.2, 0.25) is 5.91 Å². The number of aliphatic hydroxyl groups is 1. The number of amides is 1. The number of phenols is 4. The monoisotopic (exact) mass is 451 g/mol. The Kier molecular flexibility index (Phi) is 6.37. The van der Waals surface area contributed by atoms with Crippen LogP contribution in [0.1, 0.15) is 29.4 Å². The lowest BCUT2D eigenvalue weighted by Crippen LogP contribution is -2.42. The van der Waals surface area contributed by atoms with Crippen LogP contribution in [0.15, 0.2) is 30.3 Å². The summed E-state index contributed by atoms with van der Waals surface area (Å²) in [5.74, 6) is -3.32. The van der Waals surface area contributed by atoms with Crippen LogP contribution in [0.3, 0.4) is 0 Å². The highest BCUT2D eigenvalue weighted by Gasteiger charge is 2.41. The third kappa shape index (κ3) is 4.72. The molecule has 2 aromatic carbocycles. The normalized spacial score (nSPS) is 20.9. The van der Waals surface area contributed by atoms with Gasteiger partial charge in [0, 0.05) is 24.8 Å². The minimum atomic E-state index is -1.32. The van der Waals surface area contributed by atoms with Gasteiger partial charge < -0.3 is 40.7 Å². The smallest absolute Gasteiger partial charge is 0.327 e. The summed E-state index contributed by atoms with van der Waals surface area (Å²) in [7, 11) is 0. The topological polar surface area (TPSA) is 177 Å². The van der Waals surface area contributed by atoms with Gasteiger partial charge in [-0.1, -0.05) is 6.07 Å². The van der Waals surface area contributed by atoms with Crippen molar-refractivity contribution in [3.8, 4) is 28.7 Å². The first-order valence-electron chi connectivity index (χ1n) is 9.12. The number of carbonyl (C=O) groups excluding carboxylic acids is 1. The van der Waals surface area contributed by atoms with Gasteiger partial charge in [-0.3, -0.25) is 4.79 Å². The molecular formula is C20H21NO9S. The fourth-order valence-electron chi connectivity index (χ4n) is 3.30. The number of phenolic OH excluding ortho intramolecular Hbond substituents is 4. The molecule has 0 fully saturated rings. The van der Waals surface area contributed by atoms with E-state index in [-0.39, 0.29) is 34.3 Å². The molecule has 2 aromatic rings. The molecule has 0 saturated carbocycles. The van der Waals surface area contributed by atoms with Crippen molar-refractivity contribution < 1.29 is 45.0 Å². The van der Waals surface area contributed by atoms with Crippen LogP contribution in [0.25, 0.3) is 0 Å². The van der Waals surface area contributed by atoms with E-state index in [1.165, 1.54) is 31.2 Å². The molecule has 0 aromatic heterocycles. The Morgan fingerprint density at radius 2 is 1.81 bits per heavy atom. The molecule has 7 N–H and O–H groups in total. The number of ether oxygens (including phenoxy) is 1. The van der Waals surface area contributed by atoms with E-state index in [9.17, 15) is 40.2 Å². The lowest BCUT2D eigenvalue weighted by molar-refractivity contribution is -0.140. The Hall–Kier alpha value is -3.31. The number of fused-ring (bicyclic) bond motifs is 1. The number of nitrogens with one attached hydrogen (secondary N) is 1. The molecule has 1 aliphatic heterocycles. The zero-order valence-corrected chi connectivity index (χ0v) is 17.0. The molecule has 31 heavy (non-hydrogen) atoms. The SMILES string of the molecule is CC(=O)N[C@@H](CS[C@H]1c2c(O)cc(O)cc2O[C@H](c2ccc(O)c(O)c2)[C@@H]1O)C(=O)O. The third-order valence-electron chi connectivity index (χ3n) is 4.71. The van der Waals surface area contributed by atoms with E-state index in [0.717, 1.165) is 17.8 Å². The maximum absolute atomic E-state index is 11.5. The molecule has 0 unspecified atom stereocenters. The van der Waals surface area contributed by atoms with Crippen molar-refractivity contribution in [3.63, 3.8) is 0 Å². The van der Waals surface area contributed by atoms with Gasteiger partial charge in [-0.2, -0.15) is 0 Å². The number of hydrogen-bond donors (Lipinski definition) is 7. The van der Waals surface area contributed by atoms with E-state index in [4.69, 9.17) is 4.74 Å². The van der Waals surface area contributed by atoms with Crippen LogP contribution in [-0.2, 0) is 9.59 Å². The minimum absolute atomic E-state index is 0.0595. The number of aliphatic hydroxyl groups excluding tert-OH is 1. The Morgan fingerprint density at radius 1 is 1.10 bits per heavy atom. The van der Waals surface area contributed by atoms with Gasteiger partial charge in [0.1, 0.15) is 29.4 Å². The maximum Gasteiger partial charge on any atom is 0.327 e. The second-order valence-corrected chi connectivity index (χ2v) is 8.17. The summed E-state index contributed by atoms with van der Waals surface area (Å²) in [4.78, 5) is 22.7. The number of benzene rings is 2. The number of aliphatic carboxylic acids is 1. The number of carbonyl (C=O) groups is 2. The first-order valence-corrected chi connectivity index (χ1v) is 10.2. The Bertz CT molecular complexity index is 1010. The van der Waals surface area contributed by atoms with Crippen molar-refractivity contribution in [2.45, 2.75) is 30.4 Å². The van der Waals surface area contributed by atoms with Crippen LogP contribution in [0, 0.1) is 0 Å². The van der Waals surface area contributed by atoms with Gasteiger partial charge in [0.25, 0.3) is 0 Å². The van der Waals surface area contributed by atoms with Crippen molar-refractivity contribution in [1.29, 1.82) is 0 Å². The summed E-state index contributed by atoms with van der Waals surface area (Å²) in [6.45, 7) is 1.18. The number of rotatable bonds is 6. The predicted molar refractivity (Wildman–Crippen MR) is 109 cm³/mol. The largest absolute Gasteiger partial charge is 0.508 e. The fourth-order valence-corrected chi connectivity index (χ4v) is 4.67. The quantitative estimate of drug-likeness (QED) is 0.317. The van der Waals surface area contributed by atoms with E-state index in [1.54, 1.807) is 0 Å². The highest BCUT2D eigenvalue weighted by Crippen LogP contribution is 2.52. The molecule has 0 radical (unpaired) electrons. The zero-order valence-electron chi connectivity index (χ0n) is 16.2. The minimum Gasteiger partial charge on any atom is -0.508 e. The summed E-state index contributed by atoms with van der Waals surface area (Å²) in [6.07, 6.45) is -2.38. The number of carboxylic acid groups (broad SMARTS) is 1. The molecular weight excluding hydrogens is 430 g/mol. The van der Waals surface area contributed by atoms with Crippen molar-refractivity contribution in [1.82, 2.24) is 5.32 Å². The molecule has 3 rings (SSSR count). The Labute approximate surface area is 180 Å². The molecule has 10 nitrogen and oxygen atoms in total. The van der Waals surface area contributed by atoms with Gasteiger partial charge >= 0.3 is 5.97 Å². The summed E-state index contributed by atoms with van der Waals surface area (Å²) >= 11 is 0.973. The fraction of sp³-hybridized carbons (Fsp3) is 0.300. The van der Waals surface area contributed by atoms with Gasteiger partial charge in [0.05, 0.1) is 10.8 Å². The van der Waals surface area contributed by atoms with Crippen LogP contribution in [0.4, 0.5) is 0 Å². The van der Waals surface area contributed by atoms with Crippen molar-refractivity contribution >= 4 is 23.6 Å². The molecule has 1 amide bonds. The lowest BCUT2D eigenvalue weighted by Gasteiger charge is -2.37. The number of aromatic hydroxyl groups is 4. The van der Waals surface area contributed by atoms with Gasteiger partial charge in [-0.05, 0) is 17.7 Å². The summed E-state index contributed by atoms with van der Waals surface area (Å²) in [6, 6.07) is 4.92. The molecule has 1 heterocycles. The second-order valence-electron chi connectivity index (χ2n) is 7.00. The van der Waals surface area contributed by atoms with E-state index in [2.05, 4.69) is 5.32 Å². The Morgan fingerprint density at radius 3 is 2.42 bits per heavy atom. The first kappa shape index (κ1) is 22.4. The molecule has 0 spiro atoms. The van der Waals surface area contributed by atoms with Gasteiger partial charge in [0.15, 0.2) is 17.6 Å². The van der Waals surface area contributed by atoms with E-state index in [0.29, 0.717) is 5.56 Å². The van der Waals surface area contributed by atoms with Gasteiger partial charge in [-0.15, -0.1) is 11.8 Å². The van der Waals surface area contributed by atoms with Gasteiger partial charge in [-0.25, -0.2) is 4.79 Å². The Balaban J connectivity index is 1.98. The van der Waals surface area contributed by atoms with E-state index >= 15 is 0 Å². The molecule has 0 bridgehead atoms. The second kappa shape index (κ2) is 8.82. The molecule has 11 heteroatoms. The highest BCUT2D eigenvalue weighted by molar-refractivity contribution is 7.99. The van der Waals surface area contributed by atoms with Crippen LogP contribution < -0.4 is 10.1 Å². The summed E-state index contributed by atoms with van der Waals surface area (Å²) in [5, 5.41) is 61.3. The standard InChI is InChI=1S/C20H21NO9S/c1-8(22)21-11(20(28)29)7-31-19-16-14(26)5-10(23)6-15(16)30-18(17(19)27)9-2-3-12(24)13(25)4-9/h2-6,11,17-19,23-27H,7H2,1H3,(H,21,22)(H,28,29)/t11-,17-,18+,19-/m0/s1. The molecule has 166 valence electrons. The van der Waals surface area contributed by atoms with Crippen LogP contribution in [-0.4, -0.2) is 60.4 Å². The molecule has 1 aliphatic rings. The number of carboxylic acids is 1. The van der Waals surface area contributed by atoms with E-state index in [1.807, 2.05) is 0 Å². The average molecular weight is 451 g/mol. The number of thioether (sulfide) groups is 1. The van der Waals surface area contributed by atoms with Crippen molar-refractivity contribution in [2.24, 2.45) is 0 Å². The maximum atomic E-state index is 11.5. The highest BCUT2D eigenvalue weighted by atomic mass is 32.2. The zero-order chi connectivity index (χ0) is 22.9. The van der Waals surface area contributed by atoms with Crippen LogP contribution in [0.2, 0.25) is 0 Å². The predicted octanol–water partition coefficient (Wildman–Crippen LogP) is 1.37. The summed E-state index contributed by atoms with van der Waals surface area (Å²) in [5.41, 5.74) is 0.458. The molecule has 0 saturated heterocycles. The molecule has 0 aliphatic carbocycles. The van der Waals surface area contributed by atoms with E-state index < -0.39 is 41.1 Å². The number of hydrogen-bond acceptors (Lipinski definition) is 9. The summed E-state index contributed by atoms with van der Waals surface area (Å²) < 4.78 is 5.77. The third-order valence-corrected chi connectivity index (χ3v) is 6.11. The average Bonchev–Trinajstić information content (AvgIpc) is 2.67. The van der Waals surface area contributed by atoms with Crippen LogP contribution in [0.5, 0.6) is 28.7 Å². The van der Waals surface area contributed by atoms with Crippen LogP contribution >= 0.6 is 11.8 Å². The van der Waals surface area contributed by atoms with Crippen molar-refractivity contribution in [3.05, 3.63) is 41.5 Å².